The molecule has 1 aliphatic heterocycles. The highest BCUT2D eigenvalue weighted by molar-refractivity contribution is 5.04. The second-order valence-electron chi connectivity index (χ2n) is 4.46. The van der Waals surface area contributed by atoms with Crippen LogP contribution in [0.25, 0.3) is 0 Å². The van der Waals surface area contributed by atoms with Crippen LogP contribution < -0.4 is 5.73 Å². The van der Waals surface area contributed by atoms with Gasteiger partial charge in [0.25, 0.3) is 0 Å². The average molecular weight is 224 g/mol. The highest BCUT2D eigenvalue weighted by Gasteiger charge is 2.21. The lowest BCUT2D eigenvalue weighted by molar-refractivity contribution is 0.269. The molecule has 2 heterocycles. The second kappa shape index (κ2) is 5.43. The van der Waals surface area contributed by atoms with Crippen LogP contribution in [-0.2, 0) is 13.1 Å². The molecule has 90 valence electrons. The van der Waals surface area contributed by atoms with E-state index < -0.39 is 0 Å². The summed E-state index contributed by atoms with van der Waals surface area (Å²) in [5, 5.41) is 13.0. The van der Waals surface area contributed by atoms with Crippen molar-refractivity contribution in [3.8, 4) is 0 Å². The van der Waals surface area contributed by atoms with Gasteiger partial charge < -0.3 is 10.8 Å². The van der Waals surface area contributed by atoms with E-state index in [0.717, 1.165) is 26.2 Å². The third kappa shape index (κ3) is 2.81. The number of likely N-dealkylation sites (tertiary alicyclic amines) is 1. The molecule has 5 nitrogen and oxygen atoms in total. The number of hydrogen-bond acceptors (Lipinski definition) is 4. The molecule has 1 saturated heterocycles. The fraction of sp³-hybridized carbons (Fsp3) is 0.727. The number of aliphatic hydroxyl groups is 1. The second-order valence-corrected chi connectivity index (χ2v) is 4.46. The summed E-state index contributed by atoms with van der Waals surface area (Å²) < 4.78 is 1.78. The molecule has 1 fully saturated rings. The van der Waals surface area contributed by atoms with Gasteiger partial charge in [0.15, 0.2) is 0 Å². The van der Waals surface area contributed by atoms with Crippen LogP contribution in [0.1, 0.15) is 12.0 Å². The molecule has 0 bridgehead atoms. The predicted octanol–water partition coefficient (Wildman–Crippen LogP) is -0.344. The molecule has 3 N–H and O–H groups in total. The molecule has 0 amide bonds. The first-order valence-corrected chi connectivity index (χ1v) is 5.86. The normalized spacial score (nSPS) is 21.8. The van der Waals surface area contributed by atoms with E-state index in [4.69, 9.17) is 10.8 Å². The Morgan fingerprint density at radius 2 is 2.44 bits per heavy atom. The summed E-state index contributed by atoms with van der Waals surface area (Å²) in [5.41, 5.74) is 6.88. The monoisotopic (exact) mass is 224 g/mol. The standard InChI is InChI=1S/C11H20N4O/c12-5-10-1-2-14(7-10)8-11-6-13-15(9-11)3-4-16/h6,9-10,16H,1-5,7-8,12H2. The molecular formula is C11H20N4O. The molecule has 0 aliphatic carbocycles. The largest absolute Gasteiger partial charge is 0.394 e. The lowest BCUT2D eigenvalue weighted by Crippen LogP contribution is -2.22. The third-order valence-electron chi connectivity index (χ3n) is 3.13. The zero-order valence-electron chi connectivity index (χ0n) is 9.55. The van der Waals surface area contributed by atoms with Gasteiger partial charge in [0.05, 0.1) is 19.3 Å². The SMILES string of the molecule is NCC1CCN(Cc2cnn(CCO)c2)C1. The maximum absolute atomic E-state index is 8.79. The van der Waals surface area contributed by atoms with E-state index in [0.29, 0.717) is 12.5 Å². The molecule has 0 radical (unpaired) electrons. The average Bonchev–Trinajstić information content (AvgIpc) is 2.89. The van der Waals surface area contributed by atoms with Crippen LogP contribution >= 0.6 is 0 Å². The molecule has 1 aromatic heterocycles. The van der Waals surface area contributed by atoms with Gasteiger partial charge in [-0.05, 0) is 25.4 Å². The summed E-state index contributed by atoms with van der Waals surface area (Å²) in [6.45, 7) is 4.68. The molecule has 1 aliphatic rings. The van der Waals surface area contributed by atoms with E-state index in [1.807, 2.05) is 12.4 Å². The van der Waals surface area contributed by atoms with Gasteiger partial charge in [-0.2, -0.15) is 5.10 Å². The highest BCUT2D eigenvalue weighted by atomic mass is 16.3. The molecule has 0 saturated carbocycles. The van der Waals surface area contributed by atoms with Crippen LogP contribution in [0, 0.1) is 5.92 Å². The Bertz CT molecular complexity index is 326. The summed E-state index contributed by atoms with van der Waals surface area (Å²) in [5.74, 6) is 0.660. The van der Waals surface area contributed by atoms with Gasteiger partial charge >= 0.3 is 0 Å². The van der Waals surface area contributed by atoms with Crippen molar-refractivity contribution in [3.05, 3.63) is 18.0 Å². The van der Waals surface area contributed by atoms with Crippen molar-refractivity contribution >= 4 is 0 Å². The van der Waals surface area contributed by atoms with Gasteiger partial charge in [-0.1, -0.05) is 0 Å². The summed E-state index contributed by atoms with van der Waals surface area (Å²) in [6.07, 6.45) is 5.10. The summed E-state index contributed by atoms with van der Waals surface area (Å²) in [7, 11) is 0. The number of nitrogens with two attached hydrogens (primary N) is 1. The summed E-state index contributed by atoms with van der Waals surface area (Å²) >= 11 is 0. The Labute approximate surface area is 95.8 Å². The van der Waals surface area contributed by atoms with Crippen molar-refractivity contribution in [1.29, 1.82) is 0 Å². The van der Waals surface area contributed by atoms with Crippen molar-refractivity contribution in [3.63, 3.8) is 0 Å². The van der Waals surface area contributed by atoms with Gasteiger partial charge in [0.1, 0.15) is 0 Å². The van der Waals surface area contributed by atoms with E-state index in [1.54, 1.807) is 4.68 Å². The minimum absolute atomic E-state index is 0.139. The van der Waals surface area contributed by atoms with E-state index in [-0.39, 0.29) is 6.61 Å². The zero-order valence-corrected chi connectivity index (χ0v) is 9.55. The number of aromatic nitrogens is 2. The predicted molar refractivity (Wildman–Crippen MR) is 61.8 cm³/mol. The fourth-order valence-electron chi connectivity index (χ4n) is 2.22. The van der Waals surface area contributed by atoms with Crippen molar-refractivity contribution in [2.24, 2.45) is 11.7 Å². The van der Waals surface area contributed by atoms with Gasteiger partial charge in [0, 0.05) is 24.8 Å². The van der Waals surface area contributed by atoms with Crippen LogP contribution in [-0.4, -0.2) is 46.0 Å². The number of hydrogen-bond donors (Lipinski definition) is 2. The number of nitrogens with zero attached hydrogens (tertiary/aromatic N) is 3. The number of aliphatic hydroxyl groups excluding tert-OH is 1. The van der Waals surface area contributed by atoms with E-state index in [9.17, 15) is 0 Å². The molecule has 1 atom stereocenters. The quantitative estimate of drug-likeness (QED) is 0.718. The Morgan fingerprint density at radius 1 is 1.56 bits per heavy atom. The first-order valence-electron chi connectivity index (χ1n) is 5.86. The molecule has 1 unspecified atom stereocenters. The molecule has 16 heavy (non-hydrogen) atoms. The van der Waals surface area contributed by atoms with Gasteiger partial charge in [-0.25, -0.2) is 0 Å². The fourth-order valence-corrected chi connectivity index (χ4v) is 2.22. The van der Waals surface area contributed by atoms with Crippen LogP contribution in [0.5, 0.6) is 0 Å². The lowest BCUT2D eigenvalue weighted by Gasteiger charge is -2.13. The first-order chi connectivity index (χ1) is 7.81. The van der Waals surface area contributed by atoms with Crippen molar-refractivity contribution in [1.82, 2.24) is 14.7 Å². The highest BCUT2D eigenvalue weighted by Crippen LogP contribution is 2.17. The smallest absolute Gasteiger partial charge is 0.0640 e. The van der Waals surface area contributed by atoms with Crippen LogP contribution in [0.15, 0.2) is 12.4 Å². The number of rotatable bonds is 5. The van der Waals surface area contributed by atoms with Crippen LogP contribution in [0.2, 0.25) is 0 Å². The van der Waals surface area contributed by atoms with E-state index in [1.165, 1.54) is 12.0 Å². The minimum Gasteiger partial charge on any atom is -0.394 e. The topological polar surface area (TPSA) is 67.3 Å². The van der Waals surface area contributed by atoms with Gasteiger partial charge in [-0.3, -0.25) is 9.58 Å². The maximum Gasteiger partial charge on any atom is 0.0640 e. The van der Waals surface area contributed by atoms with Crippen LogP contribution in [0.3, 0.4) is 0 Å². The molecule has 0 aromatic carbocycles. The van der Waals surface area contributed by atoms with Crippen molar-refractivity contribution in [2.75, 3.05) is 26.2 Å². The van der Waals surface area contributed by atoms with Gasteiger partial charge in [-0.15, -0.1) is 0 Å². The van der Waals surface area contributed by atoms with Crippen molar-refractivity contribution < 1.29 is 5.11 Å². The molecular weight excluding hydrogens is 204 g/mol. The molecule has 0 spiro atoms. The summed E-state index contributed by atoms with van der Waals surface area (Å²) in [6, 6.07) is 0. The third-order valence-corrected chi connectivity index (χ3v) is 3.13. The maximum atomic E-state index is 8.79. The minimum atomic E-state index is 0.139. The van der Waals surface area contributed by atoms with Crippen LogP contribution in [0.4, 0.5) is 0 Å². The zero-order chi connectivity index (χ0) is 11.4. The molecule has 2 rings (SSSR count). The molecule has 5 heteroatoms. The Balaban J connectivity index is 1.84. The van der Waals surface area contributed by atoms with Gasteiger partial charge in [0.2, 0.25) is 0 Å². The Morgan fingerprint density at radius 3 is 3.12 bits per heavy atom. The summed E-state index contributed by atoms with van der Waals surface area (Å²) in [4.78, 5) is 2.41. The van der Waals surface area contributed by atoms with E-state index >= 15 is 0 Å². The Kier molecular flexibility index (Phi) is 3.93. The lowest BCUT2D eigenvalue weighted by atomic mass is 10.1. The van der Waals surface area contributed by atoms with Crippen molar-refractivity contribution in [2.45, 2.75) is 19.5 Å². The first kappa shape index (κ1) is 11.6. The Hall–Kier alpha value is -0.910. The molecule has 1 aromatic rings. The van der Waals surface area contributed by atoms with E-state index in [2.05, 4.69) is 10.00 Å².